The summed E-state index contributed by atoms with van der Waals surface area (Å²) in [6, 6.07) is 10.9. The molecule has 19 heavy (non-hydrogen) atoms. The summed E-state index contributed by atoms with van der Waals surface area (Å²) in [6.07, 6.45) is 9.53. The van der Waals surface area contributed by atoms with E-state index in [0.29, 0.717) is 12.5 Å². The lowest BCUT2D eigenvalue weighted by atomic mass is 10.0. The van der Waals surface area contributed by atoms with Gasteiger partial charge in [0.15, 0.2) is 5.78 Å². The molecular formula is C17H21NO. The molecule has 1 aliphatic rings. The maximum Gasteiger partial charge on any atom is 0.158 e. The third-order valence-electron chi connectivity index (χ3n) is 3.57. The number of nitrogens with zero attached hydrogens (tertiary/aromatic N) is 1. The summed E-state index contributed by atoms with van der Waals surface area (Å²) in [6.45, 7) is 4.74. The van der Waals surface area contributed by atoms with Gasteiger partial charge in [0.1, 0.15) is 0 Å². The van der Waals surface area contributed by atoms with Crippen LogP contribution in [0.3, 0.4) is 0 Å². The van der Waals surface area contributed by atoms with Crippen molar-refractivity contribution in [1.29, 1.82) is 0 Å². The van der Waals surface area contributed by atoms with Crippen LogP contribution in [0.4, 0.5) is 0 Å². The molecule has 0 spiro atoms. The van der Waals surface area contributed by atoms with E-state index in [9.17, 15) is 4.79 Å². The van der Waals surface area contributed by atoms with E-state index in [4.69, 9.17) is 0 Å². The molecule has 0 fully saturated rings. The summed E-state index contributed by atoms with van der Waals surface area (Å²) < 4.78 is 0. The second-order valence-electron chi connectivity index (χ2n) is 4.95. The highest BCUT2D eigenvalue weighted by atomic mass is 16.1. The van der Waals surface area contributed by atoms with Crippen LogP contribution in [-0.4, -0.2) is 23.3 Å². The molecule has 0 saturated heterocycles. The minimum atomic E-state index is 0.225. The Morgan fingerprint density at radius 2 is 2.11 bits per heavy atom. The Hall–Kier alpha value is -1.83. The van der Waals surface area contributed by atoms with Gasteiger partial charge in [0.05, 0.1) is 0 Å². The van der Waals surface area contributed by atoms with E-state index in [-0.39, 0.29) is 5.78 Å². The van der Waals surface area contributed by atoms with E-state index in [1.165, 1.54) is 5.56 Å². The van der Waals surface area contributed by atoms with Gasteiger partial charge >= 0.3 is 0 Å². The summed E-state index contributed by atoms with van der Waals surface area (Å²) >= 11 is 0. The maximum atomic E-state index is 11.2. The maximum absolute atomic E-state index is 11.2. The number of carbonyl (C=O) groups excluding carboxylic acids is 1. The smallest absolute Gasteiger partial charge is 0.158 e. The van der Waals surface area contributed by atoms with Crippen molar-refractivity contribution in [1.82, 2.24) is 4.90 Å². The lowest BCUT2D eigenvalue weighted by Crippen LogP contribution is -2.33. The van der Waals surface area contributed by atoms with Crippen LogP contribution in [0.25, 0.3) is 0 Å². The third-order valence-corrected chi connectivity index (χ3v) is 3.57. The summed E-state index contributed by atoms with van der Waals surface area (Å²) in [5, 5.41) is 0. The molecule has 2 rings (SSSR count). The van der Waals surface area contributed by atoms with Gasteiger partial charge in [-0.3, -0.25) is 4.79 Å². The van der Waals surface area contributed by atoms with Gasteiger partial charge in [-0.1, -0.05) is 36.4 Å². The van der Waals surface area contributed by atoms with Gasteiger partial charge < -0.3 is 4.90 Å². The Bertz CT molecular complexity index is 450. The minimum absolute atomic E-state index is 0.225. The molecule has 0 aromatic heterocycles. The summed E-state index contributed by atoms with van der Waals surface area (Å²) in [5.74, 6) is 0.225. The molecule has 0 bridgehead atoms. The fraction of sp³-hybridized carbons (Fsp3) is 0.353. The van der Waals surface area contributed by atoms with Crippen molar-refractivity contribution in [3.8, 4) is 0 Å². The first-order valence-corrected chi connectivity index (χ1v) is 6.93. The normalized spacial score (nSPS) is 16.4. The second-order valence-corrected chi connectivity index (χ2v) is 4.95. The molecule has 1 aromatic carbocycles. The molecule has 1 aromatic rings. The van der Waals surface area contributed by atoms with Crippen molar-refractivity contribution in [3.05, 3.63) is 60.8 Å². The molecule has 1 atom stereocenters. The molecule has 1 heterocycles. The van der Waals surface area contributed by atoms with Crippen molar-refractivity contribution in [3.63, 3.8) is 0 Å². The average Bonchev–Trinajstić information content (AvgIpc) is 2.46. The number of carbonyl (C=O) groups is 1. The van der Waals surface area contributed by atoms with Crippen LogP contribution in [0.2, 0.25) is 0 Å². The molecule has 100 valence electrons. The predicted molar refractivity (Wildman–Crippen MR) is 78.8 cm³/mol. The third kappa shape index (κ3) is 4.09. The molecule has 0 unspecified atom stereocenters. The van der Waals surface area contributed by atoms with E-state index in [1.54, 1.807) is 6.08 Å². The van der Waals surface area contributed by atoms with Crippen LogP contribution in [0.5, 0.6) is 0 Å². The minimum Gasteiger partial charge on any atom is -0.370 e. The van der Waals surface area contributed by atoms with Crippen molar-refractivity contribution < 1.29 is 4.79 Å². The lowest BCUT2D eigenvalue weighted by Gasteiger charge is -2.30. The quantitative estimate of drug-likeness (QED) is 0.727. The monoisotopic (exact) mass is 255 g/mol. The topological polar surface area (TPSA) is 20.3 Å². The molecule has 2 heteroatoms. The van der Waals surface area contributed by atoms with Crippen molar-refractivity contribution >= 4 is 5.78 Å². The zero-order chi connectivity index (χ0) is 13.5. The van der Waals surface area contributed by atoms with Crippen LogP contribution < -0.4 is 0 Å². The van der Waals surface area contributed by atoms with Crippen LogP contribution >= 0.6 is 0 Å². The molecule has 0 aliphatic carbocycles. The van der Waals surface area contributed by atoms with E-state index < -0.39 is 0 Å². The van der Waals surface area contributed by atoms with Crippen LogP contribution in [0.15, 0.2) is 55.3 Å². The predicted octanol–water partition coefficient (Wildman–Crippen LogP) is 3.35. The Labute approximate surface area is 115 Å². The van der Waals surface area contributed by atoms with Gasteiger partial charge in [-0.25, -0.2) is 0 Å². The fourth-order valence-corrected chi connectivity index (χ4v) is 2.43. The average molecular weight is 255 g/mol. The first-order valence-electron chi connectivity index (χ1n) is 6.93. The SMILES string of the molecule is C=C[C@@H](CCCc1ccccc1)N1C=CC(=O)CC1. The Morgan fingerprint density at radius 3 is 2.74 bits per heavy atom. The van der Waals surface area contributed by atoms with Gasteiger partial charge in [-0.15, -0.1) is 6.58 Å². The number of ketones is 1. The van der Waals surface area contributed by atoms with Gasteiger partial charge in [0, 0.05) is 25.2 Å². The highest BCUT2D eigenvalue weighted by Crippen LogP contribution is 2.15. The first kappa shape index (κ1) is 13.6. The van der Waals surface area contributed by atoms with Crippen molar-refractivity contribution in [2.24, 2.45) is 0 Å². The molecular weight excluding hydrogens is 234 g/mol. The van der Waals surface area contributed by atoms with E-state index >= 15 is 0 Å². The Morgan fingerprint density at radius 1 is 1.32 bits per heavy atom. The van der Waals surface area contributed by atoms with Gasteiger partial charge in [-0.05, 0) is 30.9 Å². The highest BCUT2D eigenvalue weighted by molar-refractivity contribution is 5.90. The Kier molecular flexibility index (Phi) is 4.96. The summed E-state index contributed by atoms with van der Waals surface area (Å²) in [7, 11) is 0. The van der Waals surface area contributed by atoms with Gasteiger partial charge in [0.2, 0.25) is 0 Å². The summed E-state index contributed by atoms with van der Waals surface area (Å²) in [5.41, 5.74) is 1.38. The lowest BCUT2D eigenvalue weighted by molar-refractivity contribution is -0.115. The molecule has 0 amide bonds. The highest BCUT2D eigenvalue weighted by Gasteiger charge is 2.16. The Balaban J connectivity index is 1.81. The number of hydrogen-bond donors (Lipinski definition) is 0. The number of rotatable bonds is 6. The van der Waals surface area contributed by atoms with Gasteiger partial charge in [-0.2, -0.15) is 0 Å². The number of allylic oxidation sites excluding steroid dienone is 1. The van der Waals surface area contributed by atoms with Crippen LogP contribution in [0.1, 0.15) is 24.8 Å². The molecule has 0 saturated carbocycles. The van der Waals surface area contributed by atoms with Gasteiger partial charge in [0.25, 0.3) is 0 Å². The van der Waals surface area contributed by atoms with E-state index in [2.05, 4.69) is 35.7 Å². The number of benzene rings is 1. The van der Waals surface area contributed by atoms with Crippen molar-refractivity contribution in [2.75, 3.05) is 6.54 Å². The first-order chi connectivity index (χ1) is 9.29. The summed E-state index contributed by atoms with van der Waals surface area (Å²) in [4.78, 5) is 13.4. The van der Waals surface area contributed by atoms with Crippen molar-refractivity contribution in [2.45, 2.75) is 31.7 Å². The van der Waals surface area contributed by atoms with Crippen LogP contribution in [-0.2, 0) is 11.2 Å². The fourth-order valence-electron chi connectivity index (χ4n) is 2.43. The zero-order valence-corrected chi connectivity index (χ0v) is 11.3. The second kappa shape index (κ2) is 6.93. The largest absolute Gasteiger partial charge is 0.370 e. The molecule has 2 nitrogen and oxygen atoms in total. The van der Waals surface area contributed by atoms with Crippen LogP contribution in [0, 0.1) is 0 Å². The molecule has 0 N–H and O–H groups in total. The van der Waals surface area contributed by atoms with E-state index in [0.717, 1.165) is 25.8 Å². The van der Waals surface area contributed by atoms with E-state index in [1.807, 2.05) is 18.3 Å². The molecule has 1 aliphatic heterocycles. The zero-order valence-electron chi connectivity index (χ0n) is 11.3. The standard InChI is InChI=1S/C17H21NO/c1-2-16(18-13-11-17(19)12-14-18)10-6-9-15-7-4-3-5-8-15/h2-5,7-8,11,13,16H,1,6,9-10,12,14H2/t16-/m0/s1. The molecule has 0 radical (unpaired) electrons. The number of aryl methyl sites for hydroxylation is 1. The number of hydrogen-bond acceptors (Lipinski definition) is 2.